The van der Waals surface area contributed by atoms with Crippen molar-refractivity contribution in [3.05, 3.63) is 0 Å². The highest BCUT2D eigenvalue weighted by Crippen LogP contribution is 2.27. The van der Waals surface area contributed by atoms with Crippen molar-refractivity contribution in [1.82, 2.24) is 15.5 Å². The first-order valence-corrected chi connectivity index (χ1v) is 7.39. The molecule has 1 amide bonds. The summed E-state index contributed by atoms with van der Waals surface area (Å²) in [6.45, 7) is 8.19. The maximum atomic E-state index is 11.7. The van der Waals surface area contributed by atoms with Gasteiger partial charge in [-0.15, -0.1) is 0 Å². The quantitative estimate of drug-likeness (QED) is 0.741. The maximum absolute atomic E-state index is 11.7. The van der Waals surface area contributed by atoms with E-state index in [0.29, 0.717) is 18.6 Å². The molecule has 0 radical (unpaired) electrons. The zero-order valence-corrected chi connectivity index (χ0v) is 11.7. The van der Waals surface area contributed by atoms with Crippen molar-refractivity contribution in [2.24, 2.45) is 5.92 Å². The molecular formula is C14H27N3O. The Hall–Kier alpha value is -0.610. The van der Waals surface area contributed by atoms with E-state index in [9.17, 15) is 4.79 Å². The van der Waals surface area contributed by atoms with E-state index < -0.39 is 0 Å². The van der Waals surface area contributed by atoms with Gasteiger partial charge < -0.3 is 15.5 Å². The molecule has 0 bridgehead atoms. The van der Waals surface area contributed by atoms with Crippen LogP contribution in [0.2, 0.25) is 0 Å². The molecule has 1 saturated heterocycles. The van der Waals surface area contributed by atoms with E-state index in [2.05, 4.69) is 29.4 Å². The summed E-state index contributed by atoms with van der Waals surface area (Å²) in [4.78, 5) is 14.2. The summed E-state index contributed by atoms with van der Waals surface area (Å²) < 4.78 is 0. The Balaban J connectivity index is 1.56. The molecule has 4 heteroatoms. The molecule has 18 heavy (non-hydrogen) atoms. The Morgan fingerprint density at radius 1 is 1.22 bits per heavy atom. The minimum Gasteiger partial charge on any atom is -0.352 e. The Labute approximate surface area is 110 Å². The van der Waals surface area contributed by atoms with Crippen LogP contribution in [0.5, 0.6) is 0 Å². The number of piperidine rings is 1. The number of hydrogen-bond acceptors (Lipinski definition) is 3. The zero-order chi connectivity index (χ0) is 13.0. The molecule has 0 atom stereocenters. The van der Waals surface area contributed by atoms with E-state index in [1.54, 1.807) is 0 Å². The minimum absolute atomic E-state index is 0.165. The summed E-state index contributed by atoms with van der Waals surface area (Å²) >= 11 is 0. The highest BCUT2D eigenvalue weighted by molar-refractivity contribution is 5.78. The molecule has 1 aliphatic heterocycles. The number of hydrogen-bond donors (Lipinski definition) is 2. The summed E-state index contributed by atoms with van der Waals surface area (Å²) in [5, 5.41) is 6.39. The van der Waals surface area contributed by atoms with Crippen molar-refractivity contribution < 1.29 is 4.79 Å². The molecule has 0 aromatic rings. The van der Waals surface area contributed by atoms with Crippen LogP contribution in [0.3, 0.4) is 0 Å². The monoisotopic (exact) mass is 253 g/mol. The SMILES string of the molecule is CC(C)N1CCC(NC(=O)CNCC2CC2)CC1. The fourth-order valence-corrected chi connectivity index (χ4v) is 2.55. The zero-order valence-electron chi connectivity index (χ0n) is 11.7. The first-order chi connectivity index (χ1) is 8.65. The van der Waals surface area contributed by atoms with Crippen molar-refractivity contribution in [2.75, 3.05) is 26.2 Å². The second kappa shape index (κ2) is 6.53. The molecule has 1 saturated carbocycles. The van der Waals surface area contributed by atoms with Gasteiger partial charge in [0.2, 0.25) is 5.91 Å². The van der Waals surface area contributed by atoms with Crippen LogP contribution in [-0.2, 0) is 4.79 Å². The number of carbonyl (C=O) groups excluding carboxylic acids is 1. The van der Waals surface area contributed by atoms with Crippen molar-refractivity contribution in [3.63, 3.8) is 0 Å². The smallest absolute Gasteiger partial charge is 0.234 e. The molecule has 0 aromatic carbocycles. The third-order valence-corrected chi connectivity index (χ3v) is 4.04. The van der Waals surface area contributed by atoms with E-state index in [1.165, 1.54) is 12.8 Å². The van der Waals surface area contributed by atoms with Crippen molar-refractivity contribution in [3.8, 4) is 0 Å². The minimum atomic E-state index is 0.165. The van der Waals surface area contributed by atoms with E-state index in [1.807, 2.05) is 0 Å². The Kier molecular flexibility index (Phi) is 5.01. The molecule has 1 aliphatic carbocycles. The van der Waals surface area contributed by atoms with Gasteiger partial charge in [0.1, 0.15) is 0 Å². The normalized spacial score (nSPS) is 22.4. The Bertz CT molecular complexity index is 268. The van der Waals surface area contributed by atoms with Gasteiger partial charge in [-0.2, -0.15) is 0 Å². The van der Waals surface area contributed by atoms with E-state index >= 15 is 0 Å². The third-order valence-electron chi connectivity index (χ3n) is 4.04. The van der Waals surface area contributed by atoms with Crippen LogP contribution in [0.4, 0.5) is 0 Å². The maximum Gasteiger partial charge on any atom is 0.234 e. The van der Waals surface area contributed by atoms with Crippen LogP contribution in [0.1, 0.15) is 39.5 Å². The summed E-state index contributed by atoms with van der Waals surface area (Å²) in [5.74, 6) is 1.01. The van der Waals surface area contributed by atoms with Gasteiger partial charge in [-0.05, 0) is 52.0 Å². The molecule has 2 aliphatic rings. The summed E-state index contributed by atoms with van der Waals surface area (Å²) in [6, 6.07) is 1.01. The van der Waals surface area contributed by atoms with Gasteiger partial charge in [0, 0.05) is 25.2 Å². The first-order valence-electron chi connectivity index (χ1n) is 7.39. The second-order valence-corrected chi connectivity index (χ2v) is 6.05. The second-order valence-electron chi connectivity index (χ2n) is 6.05. The van der Waals surface area contributed by atoms with Crippen LogP contribution in [0, 0.1) is 5.92 Å². The lowest BCUT2D eigenvalue weighted by Crippen LogP contribution is -2.48. The number of likely N-dealkylation sites (tertiary alicyclic amines) is 1. The summed E-state index contributed by atoms with van der Waals surface area (Å²) in [7, 11) is 0. The molecule has 0 unspecified atom stereocenters. The van der Waals surface area contributed by atoms with Gasteiger partial charge in [0.25, 0.3) is 0 Å². The third kappa shape index (κ3) is 4.58. The number of rotatable bonds is 6. The molecule has 2 fully saturated rings. The van der Waals surface area contributed by atoms with Crippen LogP contribution < -0.4 is 10.6 Å². The Morgan fingerprint density at radius 3 is 2.44 bits per heavy atom. The molecule has 2 N–H and O–H groups in total. The fraction of sp³-hybridized carbons (Fsp3) is 0.929. The summed E-state index contributed by atoms with van der Waals surface area (Å²) in [6.07, 6.45) is 4.85. The van der Waals surface area contributed by atoms with E-state index in [4.69, 9.17) is 0 Å². The predicted octanol–water partition coefficient (Wildman–Crippen LogP) is 0.975. The largest absolute Gasteiger partial charge is 0.352 e. The lowest BCUT2D eigenvalue weighted by Gasteiger charge is -2.34. The average Bonchev–Trinajstić information content (AvgIpc) is 3.13. The number of nitrogens with zero attached hydrogens (tertiary/aromatic N) is 1. The lowest BCUT2D eigenvalue weighted by molar-refractivity contribution is -0.121. The van der Waals surface area contributed by atoms with Gasteiger partial charge in [-0.3, -0.25) is 4.79 Å². The molecule has 0 spiro atoms. The summed E-state index contributed by atoms with van der Waals surface area (Å²) in [5.41, 5.74) is 0. The van der Waals surface area contributed by atoms with Crippen molar-refractivity contribution in [1.29, 1.82) is 0 Å². The predicted molar refractivity (Wildman–Crippen MR) is 73.5 cm³/mol. The van der Waals surface area contributed by atoms with E-state index in [0.717, 1.165) is 38.4 Å². The van der Waals surface area contributed by atoms with Crippen molar-refractivity contribution in [2.45, 2.75) is 51.6 Å². The van der Waals surface area contributed by atoms with Gasteiger partial charge in [-0.25, -0.2) is 0 Å². The van der Waals surface area contributed by atoms with Gasteiger partial charge >= 0.3 is 0 Å². The molecule has 0 aromatic heterocycles. The first kappa shape index (κ1) is 13.8. The Morgan fingerprint density at radius 2 is 1.89 bits per heavy atom. The van der Waals surface area contributed by atoms with Gasteiger partial charge in [-0.1, -0.05) is 0 Å². The van der Waals surface area contributed by atoms with Gasteiger partial charge in [0.15, 0.2) is 0 Å². The number of nitrogens with one attached hydrogen (secondary N) is 2. The molecular weight excluding hydrogens is 226 g/mol. The van der Waals surface area contributed by atoms with Crippen LogP contribution in [0.25, 0.3) is 0 Å². The standard InChI is InChI=1S/C14H27N3O/c1-11(2)17-7-5-13(6-8-17)16-14(18)10-15-9-12-3-4-12/h11-13,15H,3-10H2,1-2H3,(H,16,18). The molecule has 2 rings (SSSR count). The van der Waals surface area contributed by atoms with Crippen LogP contribution in [-0.4, -0.2) is 49.1 Å². The van der Waals surface area contributed by atoms with Crippen molar-refractivity contribution >= 4 is 5.91 Å². The van der Waals surface area contributed by atoms with Crippen LogP contribution in [0.15, 0.2) is 0 Å². The van der Waals surface area contributed by atoms with E-state index in [-0.39, 0.29) is 5.91 Å². The molecule has 1 heterocycles. The highest BCUT2D eigenvalue weighted by atomic mass is 16.1. The highest BCUT2D eigenvalue weighted by Gasteiger charge is 2.23. The number of amides is 1. The topological polar surface area (TPSA) is 44.4 Å². The average molecular weight is 253 g/mol. The molecule has 104 valence electrons. The lowest BCUT2D eigenvalue weighted by atomic mass is 10.0. The molecule has 4 nitrogen and oxygen atoms in total. The fourth-order valence-electron chi connectivity index (χ4n) is 2.55. The van der Waals surface area contributed by atoms with Gasteiger partial charge in [0.05, 0.1) is 6.54 Å². The van der Waals surface area contributed by atoms with Crippen LogP contribution >= 0.6 is 0 Å². The number of carbonyl (C=O) groups is 1.